The molecule has 0 aromatic heterocycles. The Hall–Kier alpha value is -1.56. The lowest BCUT2D eigenvalue weighted by molar-refractivity contribution is 0.626. The Morgan fingerprint density at radius 3 is 2.93 bits per heavy atom. The molecule has 2 nitrogen and oxygen atoms in total. The predicted molar refractivity (Wildman–Crippen MR) is 54.5 cm³/mol. The molecule has 0 saturated carbocycles. The van der Waals surface area contributed by atoms with E-state index in [0.717, 1.165) is 5.56 Å². The van der Waals surface area contributed by atoms with Gasteiger partial charge in [0.05, 0.1) is 18.2 Å². The summed E-state index contributed by atoms with van der Waals surface area (Å²) in [5, 5.41) is 11.4. The molecule has 1 N–H and O–H groups in total. The maximum atomic E-state index is 13.2. The second-order valence-electron chi connectivity index (χ2n) is 3.39. The van der Waals surface area contributed by atoms with Crippen LogP contribution >= 0.6 is 0 Å². The Morgan fingerprint density at radius 2 is 2.29 bits per heavy atom. The van der Waals surface area contributed by atoms with E-state index in [1.807, 2.05) is 19.9 Å². The predicted octanol–water partition coefficient (Wildman–Crippen LogP) is 2.85. The van der Waals surface area contributed by atoms with Crippen molar-refractivity contribution >= 4 is 5.69 Å². The van der Waals surface area contributed by atoms with Crippen molar-refractivity contribution in [2.45, 2.75) is 26.3 Å². The first-order valence-electron chi connectivity index (χ1n) is 4.53. The molecule has 0 amide bonds. The average Bonchev–Trinajstić information content (AvgIpc) is 2.12. The number of nitrogens with one attached hydrogen (secondary N) is 1. The van der Waals surface area contributed by atoms with Crippen LogP contribution in [0.5, 0.6) is 0 Å². The van der Waals surface area contributed by atoms with Gasteiger partial charge in [0.2, 0.25) is 0 Å². The molecule has 0 aliphatic heterocycles. The smallest absolute Gasteiger partial charge is 0.146 e. The van der Waals surface area contributed by atoms with Gasteiger partial charge in [0.1, 0.15) is 5.82 Å². The number of aryl methyl sites for hydroxylation is 1. The molecule has 0 spiro atoms. The van der Waals surface area contributed by atoms with Gasteiger partial charge < -0.3 is 5.32 Å². The molecule has 0 aliphatic rings. The van der Waals surface area contributed by atoms with Crippen LogP contribution in [0.2, 0.25) is 0 Å². The molecular weight excluding hydrogens is 179 g/mol. The summed E-state index contributed by atoms with van der Waals surface area (Å²) in [6.45, 7) is 3.75. The largest absolute Gasteiger partial charge is 0.379 e. The lowest BCUT2D eigenvalue weighted by Gasteiger charge is -2.12. The van der Waals surface area contributed by atoms with E-state index < -0.39 is 0 Å². The highest BCUT2D eigenvalue weighted by atomic mass is 19.1. The fraction of sp³-hybridized carbons (Fsp3) is 0.364. The molecule has 0 heterocycles. The number of anilines is 1. The quantitative estimate of drug-likeness (QED) is 0.799. The first kappa shape index (κ1) is 10.5. The summed E-state index contributed by atoms with van der Waals surface area (Å²) in [7, 11) is 0. The lowest BCUT2D eigenvalue weighted by atomic mass is 10.2. The highest BCUT2D eigenvalue weighted by Crippen LogP contribution is 2.16. The standard InChI is InChI=1S/C11H13FN2/c1-8-3-4-10(12)11(7-8)14-9(2)5-6-13/h3-4,7,9,14H,5H2,1-2H3. The molecule has 0 saturated heterocycles. The van der Waals surface area contributed by atoms with Crippen molar-refractivity contribution in [1.82, 2.24) is 0 Å². The van der Waals surface area contributed by atoms with E-state index in [1.54, 1.807) is 12.1 Å². The van der Waals surface area contributed by atoms with Crippen LogP contribution in [-0.4, -0.2) is 6.04 Å². The highest BCUT2D eigenvalue weighted by molar-refractivity contribution is 5.47. The first-order valence-corrected chi connectivity index (χ1v) is 4.53. The fourth-order valence-corrected chi connectivity index (χ4v) is 1.20. The van der Waals surface area contributed by atoms with Crippen LogP contribution < -0.4 is 5.32 Å². The van der Waals surface area contributed by atoms with Gasteiger partial charge in [-0.1, -0.05) is 6.07 Å². The molecule has 0 fully saturated rings. The number of hydrogen-bond donors (Lipinski definition) is 1. The number of nitrogens with zero attached hydrogens (tertiary/aromatic N) is 1. The molecule has 1 atom stereocenters. The molecule has 1 unspecified atom stereocenters. The Bertz CT molecular complexity index is 355. The summed E-state index contributed by atoms with van der Waals surface area (Å²) in [5.41, 5.74) is 1.46. The zero-order valence-electron chi connectivity index (χ0n) is 8.34. The van der Waals surface area contributed by atoms with Gasteiger partial charge in [-0.05, 0) is 31.5 Å². The maximum Gasteiger partial charge on any atom is 0.146 e. The van der Waals surface area contributed by atoms with Crippen LogP contribution in [0.4, 0.5) is 10.1 Å². The van der Waals surface area contributed by atoms with Gasteiger partial charge in [-0.2, -0.15) is 5.26 Å². The zero-order chi connectivity index (χ0) is 10.6. The second-order valence-corrected chi connectivity index (χ2v) is 3.39. The zero-order valence-corrected chi connectivity index (χ0v) is 8.34. The van der Waals surface area contributed by atoms with Crippen LogP contribution in [-0.2, 0) is 0 Å². The molecule has 0 aliphatic carbocycles. The summed E-state index contributed by atoms with van der Waals surface area (Å²) < 4.78 is 13.2. The van der Waals surface area contributed by atoms with Crippen LogP contribution in [0.25, 0.3) is 0 Å². The number of benzene rings is 1. The van der Waals surface area contributed by atoms with E-state index in [4.69, 9.17) is 5.26 Å². The number of rotatable bonds is 3. The minimum absolute atomic E-state index is 0.0312. The molecule has 74 valence electrons. The summed E-state index contributed by atoms with van der Waals surface area (Å²) in [6, 6.07) is 6.89. The van der Waals surface area contributed by atoms with Crippen molar-refractivity contribution in [3.63, 3.8) is 0 Å². The van der Waals surface area contributed by atoms with Crippen molar-refractivity contribution in [2.24, 2.45) is 0 Å². The number of nitriles is 1. The number of hydrogen-bond acceptors (Lipinski definition) is 2. The third-order valence-electron chi connectivity index (χ3n) is 1.92. The fourth-order valence-electron chi connectivity index (χ4n) is 1.20. The Balaban J connectivity index is 2.76. The normalized spacial score (nSPS) is 11.9. The van der Waals surface area contributed by atoms with Gasteiger partial charge in [0.25, 0.3) is 0 Å². The summed E-state index contributed by atoms with van der Waals surface area (Å²) >= 11 is 0. The van der Waals surface area contributed by atoms with E-state index in [2.05, 4.69) is 5.32 Å². The molecule has 1 aromatic carbocycles. The van der Waals surface area contributed by atoms with Gasteiger partial charge in [-0.25, -0.2) is 4.39 Å². The van der Waals surface area contributed by atoms with Gasteiger partial charge in [-0.3, -0.25) is 0 Å². The molecule has 0 bridgehead atoms. The van der Waals surface area contributed by atoms with E-state index in [1.165, 1.54) is 6.07 Å². The van der Waals surface area contributed by atoms with E-state index >= 15 is 0 Å². The van der Waals surface area contributed by atoms with E-state index in [-0.39, 0.29) is 11.9 Å². The minimum atomic E-state index is -0.277. The van der Waals surface area contributed by atoms with Crippen LogP contribution in [0.15, 0.2) is 18.2 Å². The average molecular weight is 192 g/mol. The van der Waals surface area contributed by atoms with Gasteiger partial charge in [0.15, 0.2) is 0 Å². The summed E-state index contributed by atoms with van der Waals surface area (Å²) in [5.74, 6) is -0.277. The van der Waals surface area contributed by atoms with E-state index in [0.29, 0.717) is 12.1 Å². The van der Waals surface area contributed by atoms with Crippen molar-refractivity contribution < 1.29 is 4.39 Å². The third kappa shape index (κ3) is 2.74. The molecule has 14 heavy (non-hydrogen) atoms. The molecule has 3 heteroatoms. The van der Waals surface area contributed by atoms with Gasteiger partial charge in [-0.15, -0.1) is 0 Å². The molecule has 1 aromatic rings. The third-order valence-corrected chi connectivity index (χ3v) is 1.92. The maximum absolute atomic E-state index is 13.2. The van der Waals surface area contributed by atoms with Crippen LogP contribution in [0.1, 0.15) is 18.9 Å². The Labute approximate surface area is 83.4 Å². The molecule has 1 rings (SSSR count). The highest BCUT2D eigenvalue weighted by Gasteiger charge is 2.05. The molecular formula is C11H13FN2. The van der Waals surface area contributed by atoms with Crippen LogP contribution in [0.3, 0.4) is 0 Å². The molecule has 0 radical (unpaired) electrons. The topological polar surface area (TPSA) is 35.8 Å². The lowest BCUT2D eigenvalue weighted by Crippen LogP contribution is -2.15. The Morgan fingerprint density at radius 1 is 1.57 bits per heavy atom. The minimum Gasteiger partial charge on any atom is -0.379 e. The van der Waals surface area contributed by atoms with Crippen LogP contribution in [0, 0.1) is 24.1 Å². The van der Waals surface area contributed by atoms with E-state index in [9.17, 15) is 4.39 Å². The summed E-state index contributed by atoms with van der Waals surface area (Å²) in [6.07, 6.45) is 0.368. The SMILES string of the molecule is Cc1ccc(F)c(NC(C)CC#N)c1. The van der Waals surface area contributed by atoms with Gasteiger partial charge >= 0.3 is 0 Å². The van der Waals surface area contributed by atoms with Crippen molar-refractivity contribution in [3.8, 4) is 6.07 Å². The van der Waals surface area contributed by atoms with Crippen molar-refractivity contribution in [1.29, 1.82) is 5.26 Å². The summed E-state index contributed by atoms with van der Waals surface area (Å²) in [4.78, 5) is 0. The van der Waals surface area contributed by atoms with Crippen molar-refractivity contribution in [3.05, 3.63) is 29.6 Å². The van der Waals surface area contributed by atoms with Crippen molar-refractivity contribution in [2.75, 3.05) is 5.32 Å². The monoisotopic (exact) mass is 192 g/mol. The number of halogens is 1. The Kier molecular flexibility index (Phi) is 3.47. The second kappa shape index (κ2) is 4.61. The first-order chi connectivity index (χ1) is 6.63. The van der Waals surface area contributed by atoms with Gasteiger partial charge in [0, 0.05) is 6.04 Å².